The van der Waals surface area contributed by atoms with Crippen molar-refractivity contribution in [3.63, 3.8) is 0 Å². The lowest BCUT2D eigenvalue weighted by molar-refractivity contribution is 0.157. The van der Waals surface area contributed by atoms with Gasteiger partial charge in [0.25, 0.3) is 0 Å². The van der Waals surface area contributed by atoms with Crippen LogP contribution in [0.4, 0.5) is 0 Å². The molecule has 3 N–H and O–H groups in total. The second-order valence-electron chi connectivity index (χ2n) is 3.58. The molecule has 0 aliphatic heterocycles. The molecule has 3 heteroatoms. The Kier molecular flexibility index (Phi) is 3.30. The van der Waals surface area contributed by atoms with Gasteiger partial charge in [-0.05, 0) is 25.8 Å². The third kappa shape index (κ3) is 2.77. The number of aliphatic hydroxyl groups is 1. The maximum absolute atomic E-state index is 8.63. The molecule has 1 aliphatic rings. The lowest BCUT2D eigenvalue weighted by Crippen LogP contribution is -2.42. The smallest absolute Gasteiger partial charge is 0.0558 e. The van der Waals surface area contributed by atoms with Crippen molar-refractivity contribution in [3.8, 4) is 0 Å². The van der Waals surface area contributed by atoms with E-state index in [2.05, 4.69) is 4.90 Å². The summed E-state index contributed by atoms with van der Waals surface area (Å²) in [7, 11) is 2.04. The Morgan fingerprint density at radius 1 is 1.55 bits per heavy atom. The molecule has 0 spiro atoms. The summed E-state index contributed by atoms with van der Waals surface area (Å²) >= 11 is 0. The molecule has 0 saturated heterocycles. The highest BCUT2D eigenvalue weighted by Crippen LogP contribution is 2.25. The van der Waals surface area contributed by atoms with Crippen LogP contribution in [0, 0.1) is 5.92 Å². The van der Waals surface area contributed by atoms with Crippen molar-refractivity contribution in [3.05, 3.63) is 0 Å². The quantitative estimate of drug-likeness (QED) is 0.588. The monoisotopic (exact) mass is 158 g/mol. The summed E-state index contributed by atoms with van der Waals surface area (Å²) in [6, 6.07) is 0.447. The fourth-order valence-corrected chi connectivity index (χ4v) is 1.64. The fourth-order valence-electron chi connectivity index (χ4n) is 1.64. The lowest BCUT2D eigenvalue weighted by atomic mass is 9.81. The summed E-state index contributed by atoms with van der Waals surface area (Å²) in [6.07, 6.45) is 2.32. The van der Waals surface area contributed by atoms with E-state index in [1.165, 1.54) is 0 Å². The highest BCUT2D eigenvalue weighted by Gasteiger charge is 2.26. The van der Waals surface area contributed by atoms with Crippen LogP contribution in [0.1, 0.15) is 12.8 Å². The van der Waals surface area contributed by atoms with Crippen molar-refractivity contribution in [2.45, 2.75) is 18.9 Å². The Morgan fingerprint density at radius 3 is 2.64 bits per heavy atom. The van der Waals surface area contributed by atoms with Gasteiger partial charge >= 0.3 is 0 Å². The number of nitrogens with zero attached hydrogens (tertiary/aromatic N) is 1. The summed E-state index contributed by atoms with van der Waals surface area (Å²) in [5, 5.41) is 8.63. The van der Waals surface area contributed by atoms with Gasteiger partial charge in [0.2, 0.25) is 0 Å². The first-order valence-corrected chi connectivity index (χ1v) is 4.27. The van der Waals surface area contributed by atoms with Gasteiger partial charge in [0.05, 0.1) is 6.61 Å². The van der Waals surface area contributed by atoms with Crippen LogP contribution < -0.4 is 5.73 Å². The van der Waals surface area contributed by atoms with Gasteiger partial charge < -0.3 is 15.7 Å². The fraction of sp³-hybridized carbons (Fsp3) is 1.00. The minimum Gasteiger partial charge on any atom is -0.395 e. The molecule has 0 amide bonds. The maximum atomic E-state index is 8.63. The van der Waals surface area contributed by atoms with E-state index >= 15 is 0 Å². The van der Waals surface area contributed by atoms with E-state index < -0.39 is 0 Å². The molecular weight excluding hydrogens is 140 g/mol. The Bertz CT molecular complexity index is 110. The zero-order valence-corrected chi connectivity index (χ0v) is 7.16. The molecule has 1 saturated carbocycles. The third-order valence-electron chi connectivity index (χ3n) is 2.32. The van der Waals surface area contributed by atoms with E-state index in [1.54, 1.807) is 0 Å². The average molecular weight is 158 g/mol. The minimum absolute atomic E-state index is 0.259. The second kappa shape index (κ2) is 4.04. The molecule has 0 bridgehead atoms. The van der Waals surface area contributed by atoms with Crippen LogP contribution in [-0.4, -0.2) is 42.8 Å². The van der Waals surface area contributed by atoms with Crippen molar-refractivity contribution in [2.24, 2.45) is 11.7 Å². The number of nitrogens with two attached hydrogens (primary N) is 1. The normalized spacial score (nSPS) is 30.5. The lowest BCUT2D eigenvalue weighted by Gasteiger charge is -2.35. The first-order chi connectivity index (χ1) is 5.22. The Labute approximate surface area is 68.2 Å². The molecular formula is C8H18N2O. The van der Waals surface area contributed by atoms with E-state index in [0.29, 0.717) is 6.04 Å². The Balaban J connectivity index is 2.02. The average Bonchev–Trinajstić information content (AvgIpc) is 1.85. The van der Waals surface area contributed by atoms with Crippen LogP contribution in [0.15, 0.2) is 0 Å². The van der Waals surface area contributed by atoms with Crippen LogP contribution >= 0.6 is 0 Å². The van der Waals surface area contributed by atoms with Crippen molar-refractivity contribution in [1.82, 2.24) is 4.90 Å². The molecule has 0 atom stereocenters. The molecule has 1 rings (SSSR count). The summed E-state index contributed by atoms with van der Waals surface area (Å²) in [6.45, 7) is 2.13. The summed E-state index contributed by atoms with van der Waals surface area (Å²) in [4.78, 5) is 2.16. The number of hydrogen-bond acceptors (Lipinski definition) is 3. The SMILES string of the molecule is CN(CCO)CC1CC(N)C1. The first-order valence-electron chi connectivity index (χ1n) is 4.27. The Hall–Kier alpha value is -0.120. The molecule has 0 aromatic rings. The van der Waals surface area contributed by atoms with Crippen molar-refractivity contribution >= 4 is 0 Å². The standard InChI is InChI=1S/C8H18N2O/c1-10(2-3-11)6-7-4-8(9)5-7/h7-8,11H,2-6,9H2,1H3. The minimum atomic E-state index is 0.259. The van der Waals surface area contributed by atoms with Gasteiger partial charge in [-0.2, -0.15) is 0 Å². The predicted octanol–water partition coefficient (Wildman–Crippen LogP) is -0.352. The zero-order chi connectivity index (χ0) is 8.27. The van der Waals surface area contributed by atoms with Crippen LogP contribution in [0.3, 0.4) is 0 Å². The van der Waals surface area contributed by atoms with Gasteiger partial charge in [-0.1, -0.05) is 0 Å². The molecule has 0 aromatic carbocycles. The van der Waals surface area contributed by atoms with Crippen LogP contribution in [-0.2, 0) is 0 Å². The third-order valence-corrected chi connectivity index (χ3v) is 2.32. The number of aliphatic hydroxyl groups excluding tert-OH is 1. The van der Waals surface area contributed by atoms with Crippen molar-refractivity contribution in [2.75, 3.05) is 26.7 Å². The molecule has 11 heavy (non-hydrogen) atoms. The number of likely N-dealkylation sites (N-methyl/N-ethyl adjacent to an activating group) is 1. The van der Waals surface area contributed by atoms with Crippen LogP contribution in [0.5, 0.6) is 0 Å². The largest absolute Gasteiger partial charge is 0.395 e. The Morgan fingerprint density at radius 2 is 2.18 bits per heavy atom. The molecule has 0 radical (unpaired) electrons. The van der Waals surface area contributed by atoms with Crippen LogP contribution in [0.25, 0.3) is 0 Å². The molecule has 0 unspecified atom stereocenters. The maximum Gasteiger partial charge on any atom is 0.0558 e. The topological polar surface area (TPSA) is 49.5 Å². The second-order valence-corrected chi connectivity index (χ2v) is 3.58. The summed E-state index contributed by atoms with van der Waals surface area (Å²) in [5.41, 5.74) is 5.65. The summed E-state index contributed by atoms with van der Waals surface area (Å²) < 4.78 is 0. The van der Waals surface area contributed by atoms with Crippen molar-refractivity contribution in [1.29, 1.82) is 0 Å². The van der Waals surface area contributed by atoms with Gasteiger partial charge in [0.1, 0.15) is 0 Å². The van der Waals surface area contributed by atoms with Gasteiger partial charge in [-0.3, -0.25) is 0 Å². The molecule has 0 heterocycles. The van der Waals surface area contributed by atoms with E-state index in [4.69, 9.17) is 10.8 Å². The molecule has 0 aromatic heterocycles. The van der Waals surface area contributed by atoms with E-state index in [-0.39, 0.29) is 6.61 Å². The van der Waals surface area contributed by atoms with Gasteiger partial charge in [0, 0.05) is 19.1 Å². The highest BCUT2D eigenvalue weighted by molar-refractivity contribution is 4.83. The molecule has 1 aliphatic carbocycles. The van der Waals surface area contributed by atoms with Gasteiger partial charge in [0.15, 0.2) is 0 Å². The van der Waals surface area contributed by atoms with E-state index in [1.807, 2.05) is 7.05 Å². The summed E-state index contributed by atoms with van der Waals surface area (Å²) in [5.74, 6) is 0.779. The van der Waals surface area contributed by atoms with Gasteiger partial charge in [-0.15, -0.1) is 0 Å². The van der Waals surface area contributed by atoms with E-state index in [9.17, 15) is 0 Å². The highest BCUT2D eigenvalue weighted by atomic mass is 16.3. The van der Waals surface area contributed by atoms with Crippen molar-refractivity contribution < 1.29 is 5.11 Å². The molecule has 3 nitrogen and oxygen atoms in total. The van der Waals surface area contributed by atoms with Gasteiger partial charge in [-0.25, -0.2) is 0 Å². The predicted molar refractivity (Wildman–Crippen MR) is 45.3 cm³/mol. The van der Waals surface area contributed by atoms with Crippen LogP contribution in [0.2, 0.25) is 0 Å². The molecule has 66 valence electrons. The zero-order valence-electron chi connectivity index (χ0n) is 7.16. The first kappa shape index (κ1) is 8.97. The molecule has 1 fully saturated rings. The number of rotatable bonds is 4. The van der Waals surface area contributed by atoms with E-state index in [0.717, 1.165) is 31.8 Å². The number of hydrogen-bond donors (Lipinski definition) is 2.